The predicted octanol–water partition coefficient (Wildman–Crippen LogP) is 2.00. The number of halogens is 1. The Labute approximate surface area is 128 Å². The van der Waals surface area contributed by atoms with Crippen LogP contribution >= 0.6 is 11.6 Å². The third kappa shape index (κ3) is 3.92. The van der Waals surface area contributed by atoms with E-state index in [1.54, 1.807) is 19.2 Å². The lowest BCUT2D eigenvalue weighted by molar-refractivity contribution is 0.0805. The Bertz CT molecular complexity index is 790. The number of sulfone groups is 1. The van der Waals surface area contributed by atoms with Gasteiger partial charge < -0.3 is 4.90 Å². The molecule has 1 aromatic carbocycles. The number of rotatable bonds is 4. The zero-order valence-corrected chi connectivity index (χ0v) is 13.3. The van der Waals surface area contributed by atoms with E-state index in [9.17, 15) is 13.2 Å². The van der Waals surface area contributed by atoms with E-state index in [2.05, 4.69) is 4.98 Å². The average molecular weight is 327 g/mol. The SMILES string of the molecule is CN(CCS(C)(=O)=O)C(=O)c1cc(Cl)nc2ccccc12. The minimum Gasteiger partial charge on any atom is -0.341 e. The molecule has 0 radical (unpaired) electrons. The van der Waals surface area contributed by atoms with Crippen molar-refractivity contribution in [1.29, 1.82) is 0 Å². The van der Waals surface area contributed by atoms with Crippen LogP contribution in [-0.4, -0.2) is 49.8 Å². The maximum atomic E-state index is 12.5. The Morgan fingerprint density at radius 2 is 2.00 bits per heavy atom. The van der Waals surface area contributed by atoms with Gasteiger partial charge in [-0.3, -0.25) is 4.79 Å². The lowest BCUT2D eigenvalue weighted by atomic mass is 10.1. The molecule has 0 fully saturated rings. The van der Waals surface area contributed by atoms with Crippen LogP contribution in [0.15, 0.2) is 30.3 Å². The van der Waals surface area contributed by atoms with Crippen molar-refractivity contribution in [2.75, 3.05) is 25.6 Å². The summed E-state index contributed by atoms with van der Waals surface area (Å²) >= 11 is 5.94. The summed E-state index contributed by atoms with van der Waals surface area (Å²) in [6.45, 7) is 0.131. The van der Waals surface area contributed by atoms with Crippen LogP contribution in [0.2, 0.25) is 5.15 Å². The molecule has 5 nitrogen and oxygen atoms in total. The first kappa shape index (κ1) is 15.7. The highest BCUT2D eigenvalue weighted by molar-refractivity contribution is 7.90. The number of aromatic nitrogens is 1. The van der Waals surface area contributed by atoms with E-state index in [0.717, 1.165) is 6.26 Å². The van der Waals surface area contributed by atoms with Gasteiger partial charge in [-0.15, -0.1) is 0 Å². The Morgan fingerprint density at radius 1 is 1.33 bits per heavy atom. The number of amides is 1. The molecule has 0 spiro atoms. The Balaban J connectivity index is 2.35. The van der Waals surface area contributed by atoms with Crippen LogP contribution in [0.4, 0.5) is 0 Å². The smallest absolute Gasteiger partial charge is 0.254 e. The summed E-state index contributed by atoms with van der Waals surface area (Å²) in [4.78, 5) is 18.0. The Hall–Kier alpha value is -1.66. The van der Waals surface area contributed by atoms with Crippen molar-refractivity contribution in [3.8, 4) is 0 Å². The minimum atomic E-state index is -3.12. The number of para-hydroxylation sites is 1. The number of carbonyl (C=O) groups excluding carboxylic acids is 1. The maximum Gasteiger partial charge on any atom is 0.254 e. The highest BCUT2D eigenvalue weighted by Gasteiger charge is 2.17. The molecule has 2 rings (SSSR count). The van der Waals surface area contributed by atoms with Gasteiger partial charge in [-0.1, -0.05) is 29.8 Å². The summed E-state index contributed by atoms with van der Waals surface area (Å²) in [7, 11) is -1.55. The second-order valence-electron chi connectivity index (χ2n) is 4.87. The monoisotopic (exact) mass is 326 g/mol. The molecule has 0 aliphatic heterocycles. The number of carbonyl (C=O) groups is 1. The molecular weight excluding hydrogens is 312 g/mol. The van der Waals surface area contributed by atoms with E-state index >= 15 is 0 Å². The highest BCUT2D eigenvalue weighted by Crippen LogP contribution is 2.21. The van der Waals surface area contributed by atoms with Crippen molar-refractivity contribution in [2.24, 2.45) is 0 Å². The van der Waals surface area contributed by atoms with Crippen LogP contribution in [-0.2, 0) is 9.84 Å². The molecule has 0 aliphatic carbocycles. The van der Waals surface area contributed by atoms with Gasteiger partial charge in [0.1, 0.15) is 15.0 Å². The molecule has 1 heterocycles. The number of hydrogen-bond acceptors (Lipinski definition) is 4. The zero-order chi connectivity index (χ0) is 15.6. The summed E-state index contributed by atoms with van der Waals surface area (Å²) in [5.74, 6) is -0.356. The lowest BCUT2D eigenvalue weighted by Crippen LogP contribution is -2.31. The van der Waals surface area contributed by atoms with Crippen LogP contribution in [0.25, 0.3) is 10.9 Å². The molecule has 0 atom stereocenters. The van der Waals surface area contributed by atoms with Gasteiger partial charge in [-0.05, 0) is 12.1 Å². The molecule has 0 N–H and O–H groups in total. The number of hydrogen-bond donors (Lipinski definition) is 0. The number of fused-ring (bicyclic) bond motifs is 1. The molecule has 0 saturated carbocycles. The summed E-state index contributed by atoms with van der Waals surface area (Å²) in [5.41, 5.74) is 1.05. The average Bonchev–Trinajstić information content (AvgIpc) is 2.42. The number of nitrogens with zero attached hydrogens (tertiary/aromatic N) is 2. The van der Waals surface area contributed by atoms with E-state index in [1.807, 2.05) is 12.1 Å². The predicted molar refractivity (Wildman–Crippen MR) is 83.4 cm³/mol. The molecule has 2 aromatic rings. The quantitative estimate of drug-likeness (QED) is 0.806. The van der Waals surface area contributed by atoms with Crippen molar-refractivity contribution < 1.29 is 13.2 Å². The zero-order valence-electron chi connectivity index (χ0n) is 11.7. The highest BCUT2D eigenvalue weighted by atomic mass is 35.5. The summed E-state index contributed by atoms with van der Waals surface area (Å²) in [6.07, 6.45) is 1.14. The van der Waals surface area contributed by atoms with Gasteiger partial charge in [0.25, 0.3) is 5.91 Å². The van der Waals surface area contributed by atoms with E-state index < -0.39 is 9.84 Å². The number of pyridine rings is 1. The van der Waals surface area contributed by atoms with Crippen LogP contribution in [0.1, 0.15) is 10.4 Å². The van der Waals surface area contributed by atoms with E-state index in [-0.39, 0.29) is 23.4 Å². The topological polar surface area (TPSA) is 67.3 Å². The summed E-state index contributed by atoms with van der Waals surface area (Å²) in [5, 5.41) is 0.923. The molecule has 0 saturated heterocycles. The molecule has 112 valence electrons. The lowest BCUT2D eigenvalue weighted by Gasteiger charge is -2.17. The van der Waals surface area contributed by atoms with Crippen molar-refractivity contribution in [3.63, 3.8) is 0 Å². The van der Waals surface area contributed by atoms with Crippen LogP contribution in [0.3, 0.4) is 0 Å². The molecular formula is C14H15ClN2O3S. The normalized spacial score (nSPS) is 11.6. The molecule has 0 bridgehead atoms. The molecule has 0 unspecified atom stereocenters. The van der Waals surface area contributed by atoms with Crippen LogP contribution in [0.5, 0.6) is 0 Å². The number of benzene rings is 1. The first-order valence-electron chi connectivity index (χ1n) is 6.26. The maximum absolute atomic E-state index is 12.5. The van der Waals surface area contributed by atoms with E-state index in [0.29, 0.717) is 16.5 Å². The van der Waals surface area contributed by atoms with Gasteiger partial charge >= 0.3 is 0 Å². The minimum absolute atomic E-state index is 0.0774. The van der Waals surface area contributed by atoms with Gasteiger partial charge in [0, 0.05) is 25.2 Å². The largest absolute Gasteiger partial charge is 0.341 e. The van der Waals surface area contributed by atoms with Gasteiger partial charge in [-0.25, -0.2) is 13.4 Å². The first-order chi connectivity index (χ1) is 9.78. The van der Waals surface area contributed by atoms with Crippen LogP contribution < -0.4 is 0 Å². The standard InChI is InChI=1S/C14H15ClN2O3S/c1-17(7-8-21(2,19)20)14(18)11-9-13(15)16-12-6-4-3-5-10(11)12/h3-6,9H,7-8H2,1-2H3. The third-order valence-corrected chi connectivity index (χ3v) is 4.18. The van der Waals surface area contributed by atoms with Crippen molar-refractivity contribution in [2.45, 2.75) is 0 Å². The molecule has 1 aromatic heterocycles. The molecule has 0 aliphatic rings. The first-order valence-corrected chi connectivity index (χ1v) is 8.70. The molecule has 21 heavy (non-hydrogen) atoms. The van der Waals surface area contributed by atoms with Crippen molar-refractivity contribution in [1.82, 2.24) is 9.88 Å². The van der Waals surface area contributed by atoms with Gasteiger partial charge in [0.2, 0.25) is 0 Å². The third-order valence-electron chi connectivity index (χ3n) is 3.06. The fraction of sp³-hybridized carbons (Fsp3) is 0.286. The van der Waals surface area contributed by atoms with Crippen molar-refractivity contribution >= 4 is 38.2 Å². The molecule has 1 amide bonds. The van der Waals surface area contributed by atoms with Gasteiger partial charge in [0.15, 0.2) is 0 Å². The van der Waals surface area contributed by atoms with E-state index in [1.165, 1.54) is 11.0 Å². The van der Waals surface area contributed by atoms with E-state index in [4.69, 9.17) is 11.6 Å². The molecule has 7 heteroatoms. The fourth-order valence-corrected chi connectivity index (χ4v) is 2.74. The van der Waals surface area contributed by atoms with Gasteiger partial charge in [0.05, 0.1) is 16.8 Å². The Morgan fingerprint density at radius 3 is 2.67 bits per heavy atom. The van der Waals surface area contributed by atoms with Gasteiger partial charge in [-0.2, -0.15) is 0 Å². The summed E-state index contributed by atoms with van der Waals surface area (Å²) in [6, 6.07) is 8.69. The van der Waals surface area contributed by atoms with Crippen LogP contribution in [0, 0.1) is 0 Å². The summed E-state index contributed by atoms with van der Waals surface area (Å²) < 4.78 is 22.4. The Kier molecular flexibility index (Phi) is 4.49. The second kappa shape index (κ2) is 5.99. The fourth-order valence-electron chi connectivity index (χ4n) is 1.93. The van der Waals surface area contributed by atoms with Crippen molar-refractivity contribution in [3.05, 3.63) is 41.0 Å². The second-order valence-corrected chi connectivity index (χ2v) is 7.51.